The van der Waals surface area contributed by atoms with Crippen LogP contribution < -0.4 is 9.62 Å². The summed E-state index contributed by atoms with van der Waals surface area (Å²) in [5.41, 5.74) is 1.88. The van der Waals surface area contributed by atoms with E-state index in [2.05, 4.69) is 19.8 Å². The quantitative estimate of drug-likeness (QED) is 0.459. The maximum Gasteiger partial charge on any atom is 0.411 e. The van der Waals surface area contributed by atoms with Gasteiger partial charge in [0.2, 0.25) is 15.8 Å². The second-order valence-corrected chi connectivity index (χ2v) is 10.5. The number of hydrogen-bond donors (Lipinski definition) is 2. The van der Waals surface area contributed by atoms with E-state index in [1.165, 1.54) is 4.90 Å². The molecule has 0 bridgehead atoms. The van der Waals surface area contributed by atoms with Crippen LogP contribution in [0.1, 0.15) is 12.8 Å². The monoisotopic (exact) mass is 499 g/mol. The molecule has 2 heterocycles. The van der Waals surface area contributed by atoms with Crippen LogP contribution >= 0.6 is 0 Å². The van der Waals surface area contributed by atoms with Crippen LogP contribution in [0.3, 0.4) is 0 Å². The lowest BCUT2D eigenvalue weighted by atomic mass is 9.95. The number of sulfonamides is 1. The Balaban J connectivity index is 1.45. The minimum Gasteiger partial charge on any atom is -0.465 e. The van der Waals surface area contributed by atoms with Gasteiger partial charge in [0.1, 0.15) is 0 Å². The van der Waals surface area contributed by atoms with E-state index in [4.69, 9.17) is 4.52 Å². The molecule has 1 saturated heterocycles. The number of nitrogens with zero attached hydrogens (tertiary/aromatic N) is 4. The van der Waals surface area contributed by atoms with E-state index in [9.17, 15) is 18.3 Å². The topological polar surface area (TPSA) is 129 Å². The Kier molecular flexibility index (Phi) is 7.79. The number of hydrogen-bond acceptors (Lipinski definition) is 7. The van der Waals surface area contributed by atoms with Crippen molar-refractivity contribution in [2.75, 3.05) is 43.9 Å². The smallest absolute Gasteiger partial charge is 0.411 e. The summed E-state index contributed by atoms with van der Waals surface area (Å²) in [4.78, 5) is 20.3. The molecular weight excluding hydrogens is 470 g/mol. The van der Waals surface area contributed by atoms with Gasteiger partial charge < -0.3 is 14.5 Å². The van der Waals surface area contributed by atoms with Crippen molar-refractivity contribution in [2.24, 2.45) is 5.92 Å². The number of carboxylic acid groups (broad SMARTS) is 1. The number of para-hydroxylation sites is 1. The first-order chi connectivity index (χ1) is 16.8. The number of anilines is 1. The minimum atomic E-state index is -3.20. The standard InChI is InChI=1S/C24H29N5O5S/c1-35(32,33)25-13-16-28-14-11-18(12-15-28)17-29(24(30)31)21-10-6-5-9-20(21)23-26-22(27-34-23)19-7-3-2-4-8-19/h2-10,18,25H,11-17H2,1H3,(H,30,31). The van der Waals surface area contributed by atoms with Crippen molar-refractivity contribution in [3.8, 4) is 22.8 Å². The summed E-state index contributed by atoms with van der Waals surface area (Å²) in [6.07, 6.45) is 1.75. The van der Waals surface area contributed by atoms with Gasteiger partial charge >= 0.3 is 6.09 Å². The summed E-state index contributed by atoms with van der Waals surface area (Å²) in [6.45, 7) is 2.92. The van der Waals surface area contributed by atoms with E-state index in [1.54, 1.807) is 18.2 Å². The third-order valence-corrected chi connectivity index (χ3v) is 6.78. The summed E-state index contributed by atoms with van der Waals surface area (Å²) in [6, 6.07) is 16.6. The molecular formula is C24H29N5O5S. The Bertz CT molecular complexity index is 1240. The normalized spacial score (nSPS) is 15.2. The molecule has 4 rings (SSSR count). The fraction of sp³-hybridized carbons (Fsp3) is 0.375. The number of rotatable bonds is 9. The summed E-state index contributed by atoms with van der Waals surface area (Å²) in [7, 11) is -3.20. The van der Waals surface area contributed by atoms with E-state index in [0.717, 1.165) is 37.8 Å². The van der Waals surface area contributed by atoms with Gasteiger partial charge in [-0.25, -0.2) is 17.9 Å². The number of amides is 1. The Morgan fingerprint density at radius 3 is 2.51 bits per heavy atom. The molecule has 35 heavy (non-hydrogen) atoms. The van der Waals surface area contributed by atoms with E-state index in [0.29, 0.717) is 36.7 Å². The zero-order chi connectivity index (χ0) is 24.8. The number of benzene rings is 2. The number of carbonyl (C=O) groups is 1. The highest BCUT2D eigenvalue weighted by atomic mass is 32.2. The van der Waals surface area contributed by atoms with Crippen LogP contribution in [0.5, 0.6) is 0 Å². The van der Waals surface area contributed by atoms with Gasteiger partial charge in [0.15, 0.2) is 0 Å². The average Bonchev–Trinajstić information content (AvgIpc) is 3.33. The second-order valence-electron chi connectivity index (χ2n) is 8.65. The van der Waals surface area contributed by atoms with E-state index >= 15 is 0 Å². The highest BCUT2D eigenvalue weighted by Gasteiger charge is 2.27. The molecule has 0 unspecified atom stereocenters. The molecule has 0 atom stereocenters. The van der Waals surface area contributed by atoms with Gasteiger partial charge in [0, 0.05) is 25.2 Å². The highest BCUT2D eigenvalue weighted by Crippen LogP contribution is 2.32. The van der Waals surface area contributed by atoms with Gasteiger partial charge in [0.05, 0.1) is 17.5 Å². The van der Waals surface area contributed by atoms with Gasteiger partial charge in [-0.15, -0.1) is 0 Å². The van der Waals surface area contributed by atoms with Crippen LogP contribution in [-0.4, -0.2) is 73.6 Å². The maximum absolute atomic E-state index is 12.3. The van der Waals surface area contributed by atoms with Crippen LogP contribution in [0, 0.1) is 5.92 Å². The molecule has 0 aliphatic carbocycles. The number of likely N-dealkylation sites (tertiary alicyclic amines) is 1. The molecule has 0 saturated carbocycles. The molecule has 1 fully saturated rings. The van der Waals surface area contributed by atoms with Crippen molar-refractivity contribution < 1.29 is 22.8 Å². The van der Waals surface area contributed by atoms with Gasteiger partial charge in [0.25, 0.3) is 5.89 Å². The second kappa shape index (κ2) is 11.0. The molecule has 1 amide bonds. The van der Waals surface area contributed by atoms with Crippen molar-refractivity contribution in [1.29, 1.82) is 0 Å². The van der Waals surface area contributed by atoms with Crippen LogP contribution in [0.15, 0.2) is 59.1 Å². The van der Waals surface area contributed by atoms with Crippen molar-refractivity contribution in [3.63, 3.8) is 0 Å². The van der Waals surface area contributed by atoms with Gasteiger partial charge in [-0.3, -0.25) is 4.90 Å². The first kappa shape index (κ1) is 24.8. The summed E-state index contributed by atoms with van der Waals surface area (Å²) in [5, 5.41) is 14.1. The maximum atomic E-state index is 12.3. The van der Waals surface area contributed by atoms with Gasteiger partial charge in [-0.1, -0.05) is 47.6 Å². The highest BCUT2D eigenvalue weighted by molar-refractivity contribution is 7.88. The number of nitrogens with one attached hydrogen (secondary N) is 1. The van der Waals surface area contributed by atoms with Gasteiger partial charge in [-0.2, -0.15) is 4.98 Å². The van der Waals surface area contributed by atoms with E-state index < -0.39 is 16.1 Å². The summed E-state index contributed by atoms with van der Waals surface area (Å²) in [5.74, 6) is 0.884. The lowest BCUT2D eigenvalue weighted by Crippen LogP contribution is -2.43. The Morgan fingerprint density at radius 1 is 1.14 bits per heavy atom. The molecule has 3 aromatic rings. The lowest BCUT2D eigenvalue weighted by Gasteiger charge is -2.34. The molecule has 186 valence electrons. The molecule has 2 aromatic carbocycles. The predicted molar refractivity (Wildman–Crippen MR) is 133 cm³/mol. The minimum absolute atomic E-state index is 0.181. The van der Waals surface area contributed by atoms with Crippen molar-refractivity contribution >= 4 is 21.8 Å². The van der Waals surface area contributed by atoms with E-state index in [1.807, 2.05) is 36.4 Å². The molecule has 2 N–H and O–H groups in total. The third-order valence-electron chi connectivity index (χ3n) is 6.05. The fourth-order valence-corrected chi connectivity index (χ4v) is 4.71. The third kappa shape index (κ3) is 6.65. The van der Waals surface area contributed by atoms with Crippen molar-refractivity contribution in [3.05, 3.63) is 54.6 Å². The fourth-order valence-electron chi connectivity index (χ4n) is 4.25. The zero-order valence-electron chi connectivity index (χ0n) is 19.5. The molecule has 0 spiro atoms. The number of aromatic nitrogens is 2. The first-order valence-electron chi connectivity index (χ1n) is 11.5. The average molecular weight is 500 g/mol. The number of piperidine rings is 1. The molecule has 11 heteroatoms. The molecule has 0 radical (unpaired) electrons. The Labute approximate surface area is 204 Å². The Hall–Kier alpha value is -3.28. The van der Waals surface area contributed by atoms with E-state index in [-0.39, 0.29) is 11.8 Å². The Morgan fingerprint density at radius 2 is 1.83 bits per heavy atom. The van der Waals surface area contributed by atoms with Crippen molar-refractivity contribution in [2.45, 2.75) is 12.8 Å². The zero-order valence-corrected chi connectivity index (χ0v) is 20.3. The molecule has 1 aliphatic heterocycles. The SMILES string of the molecule is CS(=O)(=O)NCCN1CCC(CN(C(=O)O)c2ccccc2-c2nc(-c3ccccc3)no2)CC1. The largest absolute Gasteiger partial charge is 0.465 e. The summed E-state index contributed by atoms with van der Waals surface area (Å²) < 4.78 is 30.5. The van der Waals surface area contributed by atoms with Gasteiger partial charge in [-0.05, 0) is 44.0 Å². The van der Waals surface area contributed by atoms with Crippen LogP contribution in [0.4, 0.5) is 10.5 Å². The first-order valence-corrected chi connectivity index (χ1v) is 13.4. The van der Waals surface area contributed by atoms with Crippen LogP contribution in [0.25, 0.3) is 22.8 Å². The summed E-state index contributed by atoms with van der Waals surface area (Å²) >= 11 is 0. The van der Waals surface area contributed by atoms with Crippen LogP contribution in [-0.2, 0) is 10.0 Å². The van der Waals surface area contributed by atoms with Crippen LogP contribution in [0.2, 0.25) is 0 Å². The molecule has 1 aromatic heterocycles. The molecule has 1 aliphatic rings. The van der Waals surface area contributed by atoms with Crippen molar-refractivity contribution in [1.82, 2.24) is 19.8 Å². The predicted octanol–water partition coefficient (Wildman–Crippen LogP) is 3.15. The molecule has 10 nitrogen and oxygen atoms in total. The lowest BCUT2D eigenvalue weighted by molar-refractivity contribution is 0.180.